The highest BCUT2D eigenvalue weighted by Gasteiger charge is 2.29. The summed E-state index contributed by atoms with van der Waals surface area (Å²) in [5, 5.41) is 6.47. The van der Waals surface area contributed by atoms with E-state index in [9.17, 15) is 18.8 Å². The lowest BCUT2D eigenvalue weighted by atomic mass is 9.95. The number of carbonyl (C=O) groups excluding carboxylic acids is 2. The Kier molecular flexibility index (Phi) is 4.94. The molecule has 1 aliphatic rings. The summed E-state index contributed by atoms with van der Waals surface area (Å²) in [6.45, 7) is 0.612. The zero-order chi connectivity index (χ0) is 21.4. The summed E-state index contributed by atoms with van der Waals surface area (Å²) in [4.78, 5) is 41.8. The Hall–Kier alpha value is -3.75. The van der Waals surface area contributed by atoms with Gasteiger partial charge in [0.05, 0.1) is 0 Å². The first-order valence-electron chi connectivity index (χ1n) is 9.40. The average Bonchev–Trinajstić information content (AvgIpc) is 3.27. The summed E-state index contributed by atoms with van der Waals surface area (Å²) in [5.41, 5.74) is 1.76. The molecule has 3 aromatic rings. The number of fused-ring (bicyclic) bond motifs is 1. The highest BCUT2D eigenvalue weighted by atomic mass is 19.1. The number of nitrogens with one attached hydrogen (secondary N) is 1. The first-order valence-corrected chi connectivity index (χ1v) is 9.40. The third-order valence-corrected chi connectivity index (χ3v) is 5.14. The molecule has 1 aliphatic heterocycles. The highest BCUT2D eigenvalue weighted by molar-refractivity contribution is 5.96. The number of nitrogens with zero attached hydrogens (tertiary/aromatic N) is 4. The number of aromatic nitrogens is 3. The van der Waals surface area contributed by atoms with Gasteiger partial charge in [-0.2, -0.15) is 5.10 Å². The van der Waals surface area contributed by atoms with E-state index >= 15 is 0 Å². The number of pyridine rings is 1. The molecule has 9 heteroatoms. The number of hydrogen-bond donors (Lipinski definition) is 1. The molecule has 0 fully saturated rings. The Morgan fingerprint density at radius 2 is 1.90 bits per heavy atom. The Morgan fingerprint density at radius 3 is 2.53 bits per heavy atom. The first kappa shape index (κ1) is 19.6. The van der Waals surface area contributed by atoms with Crippen LogP contribution in [0.1, 0.15) is 32.0 Å². The molecular formula is C21H20FN5O3. The molecule has 1 aromatic carbocycles. The van der Waals surface area contributed by atoms with Gasteiger partial charge >= 0.3 is 0 Å². The van der Waals surface area contributed by atoms with Crippen LogP contribution in [0, 0.1) is 5.82 Å². The first-order chi connectivity index (χ1) is 14.4. The van der Waals surface area contributed by atoms with Crippen molar-refractivity contribution in [3.8, 4) is 5.69 Å². The number of aromatic amines is 1. The van der Waals surface area contributed by atoms with Crippen molar-refractivity contribution in [2.24, 2.45) is 0 Å². The van der Waals surface area contributed by atoms with Gasteiger partial charge in [-0.1, -0.05) is 0 Å². The van der Waals surface area contributed by atoms with Gasteiger partial charge in [-0.25, -0.2) is 4.39 Å². The largest absolute Gasteiger partial charge is 0.345 e. The maximum atomic E-state index is 13.4. The zero-order valence-electron chi connectivity index (χ0n) is 16.6. The van der Waals surface area contributed by atoms with E-state index in [1.54, 1.807) is 31.3 Å². The molecule has 0 radical (unpaired) electrons. The van der Waals surface area contributed by atoms with E-state index in [-0.39, 0.29) is 18.0 Å². The zero-order valence-corrected chi connectivity index (χ0v) is 16.6. The van der Waals surface area contributed by atoms with E-state index in [0.29, 0.717) is 35.5 Å². The molecule has 4 rings (SSSR count). The van der Waals surface area contributed by atoms with Crippen molar-refractivity contribution in [2.45, 2.75) is 13.0 Å². The summed E-state index contributed by atoms with van der Waals surface area (Å²) < 4.78 is 14.7. The van der Waals surface area contributed by atoms with E-state index in [1.807, 2.05) is 0 Å². The fourth-order valence-electron chi connectivity index (χ4n) is 3.61. The lowest BCUT2D eigenvalue weighted by Crippen LogP contribution is -2.41. The molecular weight excluding hydrogens is 389 g/mol. The van der Waals surface area contributed by atoms with Crippen molar-refractivity contribution in [1.82, 2.24) is 24.6 Å². The van der Waals surface area contributed by atoms with Crippen LogP contribution < -0.4 is 5.56 Å². The maximum absolute atomic E-state index is 13.4. The molecule has 0 aliphatic carbocycles. The molecule has 0 spiro atoms. The normalized spacial score (nSPS) is 13.1. The molecule has 1 N–H and O–H groups in total. The second-order valence-electron chi connectivity index (χ2n) is 7.31. The van der Waals surface area contributed by atoms with Gasteiger partial charge in [0.1, 0.15) is 17.1 Å². The summed E-state index contributed by atoms with van der Waals surface area (Å²) >= 11 is 0. The maximum Gasteiger partial charge on any atom is 0.272 e. The van der Waals surface area contributed by atoms with Crippen LogP contribution in [0.15, 0.2) is 47.5 Å². The molecule has 8 nitrogen and oxygen atoms in total. The van der Waals surface area contributed by atoms with Crippen LogP contribution in [-0.4, -0.2) is 57.0 Å². The van der Waals surface area contributed by atoms with Crippen LogP contribution in [0.25, 0.3) is 5.69 Å². The number of rotatable bonds is 3. The van der Waals surface area contributed by atoms with Crippen molar-refractivity contribution in [1.29, 1.82) is 0 Å². The van der Waals surface area contributed by atoms with Gasteiger partial charge in [-0.3, -0.25) is 24.0 Å². The second-order valence-corrected chi connectivity index (χ2v) is 7.31. The van der Waals surface area contributed by atoms with Gasteiger partial charge in [0.25, 0.3) is 17.4 Å². The van der Waals surface area contributed by atoms with E-state index in [0.717, 1.165) is 0 Å². The van der Waals surface area contributed by atoms with Crippen LogP contribution in [-0.2, 0) is 13.0 Å². The van der Waals surface area contributed by atoms with Crippen LogP contribution in [0.3, 0.4) is 0 Å². The minimum absolute atomic E-state index is 0.0791. The number of halogens is 1. The summed E-state index contributed by atoms with van der Waals surface area (Å²) in [7, 11) is 3.17. The van der Waals surface area contributed by atoms with Crippen LogP contribution in [0.2, 0.25) is 0 Å². The number of benzene rings is 1. The predicted molar refractivity (Wildman–Crippen MR) is 107 cm³/mol. The molecule has 2 aromatic heterocycles. The predicted octanol–water partition coefficient (Wildman–Crippen LogP) is 1.60. The fourth-order valence-corrected chi connectivity index (χ4v) is 3.61. The molecule has 3 heterocycles. The minimum Gasteiger partial charge on any atom is -0.345 e. The van der Waals surface area contributed by atoms with Crippen molar-refractivity contribution >= 4 is 11.8 Å². The van der Waals surface area contributed by atoms with Gasteiger partial charge in [-0.05, 0) is 47.9 Å². The Bertz CT molecular complexity index is 1170. The van der Waals surface area contributed by atoms with Crippen molar-refractivity contribution in [3.63, 3.8) is 0 Å². The molecule has 2 amide bonds. The summed E-state index contributed by atoms with van der Waals surface area (Å²) in [6, 6.07) is 7.05. The lowest BCUT2D eigenvalue weighted by molar-refractivity contribution is 0.0727. The molecule has 0 saturated heterocycles. The van der Waals surface area contributed by atoms with Crippen molar-refractivity contribution < 1.29 is 14.0 Å². The second kappa shape index (κ2) is 7.58. The SMILES string of the molecule is CN(C)C(=O)c1c2c(cn(-c3ccc(F)cc3)c1=O)CN(C(=O)c1ccn[nH]1)CC2. The van der Waals surface area contributed by atoms with Crippen LogP contribution in [0.4, 0.5) is 4.39 Å². The van der Waals surface area contributed by atoms with E-state index in [4.69, 9.17) is 0 Å². The molecule has 0 unspecified atom stereocenters. The number of H-pyrrole nitrogens is 1. The van der Waals surface area contributed by atoms with Crippen molar-refractivity contribution in [2.75, 3.05) is 20.6 Å². The fraction of sp³-hybridized carbons (Fsp3) is 0.238. The van der Waals surface area contributed by atoms with Gasteiger partial charge in [0, 0.05) is 45.3 Å². The molecule has 0 bridgehead atoms. The average molecular weight is 409 g/mol. The quantitative estimate of drug-likeness (QED) is 0.711. The monoisotopic (exact) mass is 409 g/mol. The third kappa shape index (κ3) is 3.38. The van der Waals surface area contributed by atoms with E-state index in [2.05, 4.69) is 10.2 Å². The van der Waals surface area contributed by atoms with Crippen molar-refractivity contribution in [3.05, 3.63) is 81.3 Å². The van der Waals surface area contributed by atoms with Gasteiger partial charge < -0.3 is 9.80 Å². The van der Waals surface area contributed by atoms with E-state index < -0.39 is 17.3 Å². The minimum atomic E-state index is -0.465. The standard InChI is InChI=1S/C21H20FN5O3/c1-25(2)20(29)18-16-8-10-26(19(28)17-7-9-23-24-17)11-13(16)12-27(21(18)30)15-5-3-14(22)4-6-15/h3-7,9,12H,8,10-11H2,1-2H3,(H,23,24). The van der Waals surface area contributed by atoms with Crippen LogP contribution >= 0.6 is 0 Å². The number of carbonyl (C=O) groups is 2. The smallest absolute Gasteiger partial charge is 0.272 e. The summed E-state index contributed by atoms with van der Waals surface area (Å²) in [5.74, 6) is -1.04. The Labute approximate surface area is 171 Å². The molecule has 30 heavy (non-hydrogen) atoms. The highest BCUT2D eigenvalue weighted by Crippen LogP contribution is 2.24. The topological polar surface area (TPSA) is 91.3 Å². The third-order valence-electron chi connectivity index (χ3n) is 5.14. The van der Waals surface area contributed by atoms with Gasteiger partial charge in [0.2, 0.25) is 0 Å². The Balaban J connectivity index is 1.83. The number of hydrogen-bond acceptors (Lipinski definition) is 4. The number of amides is 2. The van der Waals surface area contributed by atoms with E-state index in [1.165, 1.54) is 39.9 Å². The summed E-state index contributed by atoms with van der Waals surface area (Å²) in [6.07, 6.45) is 3.51. The molecule has 0 atom stereocenters. The Morgan fingerprint density at radius 1 is 1.17 bits per heavy atom. The molecule has 0 saturated carbocycles. The lowest BCUT2D eigenvalue weighted by Gasteiger charge is -2.30. The van der Waals surface area contributed by atoms with Gasteiger partial charge in [-0.15, -0.1) is 0 Å². The molecule has 154 valence electrons. The van der Waals surface area contributed by atoms with Crippen LogP contribution in [0.5, 0.6) is 0 Å². The van der Waals surface area contributed by atoms with Gasteiger partial charge in [0.15, 0.2) is 0 Å².